The molecular weight excluding hydrogens is 2150 g/mol. The van der Waals surface area contributed by atoms with Gasteiger partial charge in [0.15, 0.2) is 0 Å². The number of H-pyrrole nitrogens is 7. The highest BCUT2D eigenvalue weighted by Gasteiger charge is 2.45. The van der Waals surface area contributed by atoms with Crippen molar-refractivity contribution in [1.82, 2.24) is 66.9 Å². The van der Waals surface area contributed by atoms with Crippen LogP contribution < -0.4 is 78.7 Å². The molecule has 0 aromatic carbocycles. The van der Waals surface area contributed by atoms with E-state index in [9.17, 15) is 135 Å². The molecule has 21 atom stereocenters. The zero-order chi connectivity index (χ0) is 110. The van der Waals surface area contributed by atoms with Crippen molar-refractivity contribution >= 4 is 54.8 Å². The molecule has 7 aromatic heterocycles. The summed E-state index contributed by atoms with van der Waals surface area (Å²) in [6.07, 6.45) is -11.0. The SMILES string of the molecule is Cc1cn([C@H]2C[C@H](O)[C@@H](COP(=O)(O)O)O2)c(=O)[nH]c1=O.Cc1cn([C@H]2C[C@H](O)[C@@H](COP(=O)(O)O)O2)c(=O)[nH]c1=O.Cc1cn([C@H]2C[C@H](O)[C@@H](COP(=O)(O)O)O2)c(=O)[nH]c1=O.Cc1cn([C@H]2C[C@H](O)[C@@H](COP(=O)(O)O)O2)c(=O)[nH]c1=O.Cc1cn([C@H]2C[C@H](O)[C@@H](COP(=O)(O)O)O2)c(=O)[nH]c1=O.Cc1cn([C@H]2C[C@H](O)[C@@H](COP(=O)(O)O)O2)c(=O)[nH]c1=O.Cc1cn([C@H]2C[C@H](O)[C@@H](COP(=O)(O)O)O2)c(=O)[nH]c1=O. The van der Waals surface area contributed by atoms with Crippen molar-refractivity contribution in [3.8, 4) is 0 Å². The molecular formula is C70H105N14O56P7. The topological polar surface area (TPSA) is 1060 Å². The van der Waals surface area contributed by atoms with Gasteiger partial charge in [0, 0.05) is 127 Å². The van der Waals surface area contributed by atoms with Crippen LogP contribution in [0.4, 0.5) is 0 Å². The first-order valence-electron chi connectivity index (χ1n) is 42.2. The molecule has 0 amide bonds. The summed E-state index contributed by atoms with van der Waals surface area (Å²) < 4.78 is 150. The molecule has 0 saturated carbocycles. The van der Waals surface area contributed by atoms with E-state index >= 15 is 0 Å². The number of hydrogen-bond donors (Lipinski definition) is 28. The average molecular weight is 2260 g/mol. The second kappa shape index (κ2) is 51.4. The summed E-state index contributed by atoms with van der Waals surface area (Å²) in [5.74, 6) is 0. The highest BCUT2D eigenvalue weighted by Crippen LogP contribution is 2.45. The van der Waals surface area contributed by atoms with E-state index in [2.05, 4.69) is 66.6 Å². The quantitative estimate of drug-likeness (QED) is 0.0203. The standard InChI is InChI=1S/7C10H15N2O8P/c7*1-5-3-12(10(15)11-9(5)14)8-2-6(13)7(20-8)4-19-21(16,17)18/h7*3,6-8,13H,2,4H2,1H3,(H,11,14,15)(H2,16,17,18)/t7*6-,7+,8+/m0000000/s1. The highest BCUT2D eigenvalue weighted by atomic mass is 31.2. The number of aliphatic hydroxyl groups is 7. The van der Waals surface area contributed by atoms with Gasteiger partial charge in [0.25, 0.3) is 38.9 Å². The van der Waals surface area contributed by atoms with Gasteiger partial charge in [-0.2, -0.15) is 0 Å². The van der Waals surface area contributed by atoms with E-state index in [1.165, 1.54) is 91.8 Å². The molecule has 14 rings (SSSR count). The lowest BCUT2D eigenvalue weighted by Gasteiger charge is -2.16. The van der Waals surface area contributed by atoms with Crippen molar-refractivity contribution in [1.29, 1.82) is 0 Å². The normalized spacial score (nSPS) is 26.2. The van der Waals surface area contributed by atoms with Crippen LogP contribution in [0.5, 0.6) is 0 Å². The summed E-state index contributed by atoms with van der Waals surface area (Å²) in [7, 11) is -32.7. The molecule has 826 valence electrons. The zero-order valence-corrected chi connectivity index (χ0v) is 83.3. The summed E-state index contributed by atoms with van der Waals surface area (Å²) in [4.78, 5) is 296. The highest BCUT2D eigenvalue weighted by molar-refractivity contribution is 7.47. The van der Waals surface area contributed by atoms with Crippen molar-refractivity contribution in [2.75, 3.05) is 46.2 Å². The maximum Gasteiger partial charge on any atom is 0.469 e. The third-order valence-electron chi connectivity index (χ3n) is 21.5. The molecule has 0 spiro atoms. The van der Waals surface area contributed by atoms with Gasteiger partial charge in [-0.15, -0.1) is 0 Å². The minimum atomic E-state index is -4.67. The Labute approximate surface area is 816 Å². The van der Waals surface area contributed by atoms with Crippen LogP contribution in [0.2, 0.25) is 0 Å². The van der Waals surface area contributed by atoms with Gasteiger partial charge in [0.05, 0.1) is 89.0 Å². The van der Waals surface area contributed by atoms with Crippen LogP contribution in [0.15, 0.2) is 111 Å². The van der Waals surface area contributed by atoms with E-state index in [0.29, 0.717) is 38.9 Å². The van der Waals surface area contributed by atoms with Gasteiger partial charge >= 0.3 is 94.6 Å². The number of aryl methyl sites for hydroxylation is 7. The number of hydrogen-bond acceptors (Lipinski definition) is 42. The van der Waals surface area contributed by atoms with Crippen LogP contribution >= 0.6 is 54.8 Å². The molecule has 0 aliphatic carbocycles. The zero-order valence-electron chi connectivity index (χ0n) is 77.0. The fourth-order valence-electron chi connectivity index (χ4n) is 14.0. The fourth-order valence-corrected chi connectivity index (χ4v) is 16.4. The lowest BCUT2D eigenvalue weighted by atomic mass is 10.2. The van der Waals surface area contributed by atoms with Crippen LogP contribution in [-0.2, 0) is 96.8 Å². The predicted molar refractivity (Wildman–Crippen MR) is 480 cm³/mol. The van der Waals surface area contributed by atoms with E-state index in [4.69, 9.17) is 102 Å². The fraction of sp³-hybridized carbons (Fsp3) is 0.600. The van der Waals surface area contributed by atoms with Crippen molar-refractivity contribution in [2.24, 2.45) is 0 Å². The van der Waals surface area contributed by atoms with Gasteiger partial charge in [-0.05, 0) is 48.5 Å². The third kappa shape index (κ3) is 37.8. The number of aliphatic hydroxyl groups excluding tert-OH is 7. The molecule has 7 aliphatic heterocycles. The Morgan fingerprint density at radius 3 is 0.401 bits per heavy atom. The van der Waals surface area contributed by atoms with Gasteiger partial charge in [0.2, 0.25) is 0 Å². The van der Waals surface area contributed by atoms with Gasteiger partial charge in [-0.25, -0.2) is 65.5 Å². The second-order valence-electron chi connectivity index (χ2n) is 32.9. The molecule has 0 radical (unpaired) electrons. The monoisotopic (exact) mass is 2250 g/mol. The molecule has 28 N–H and O–H groups in total. The van der Waals surface area contributed by atoms with Crippen LogP contribution in [0.1, 0.15) is 127 Å². The minimum Gasteiger partial charge on any atom is -0.390 e. The number of phosphoric acid groups is 7. The van der Waals surface area contributed by atoms with E-state index in [0.717, 1.165) is 32.0 Å². The number of rotatable bonds is 28. The van der Waals surface area contributed by atoms with Gasteiger partial charge in [-0.3, -0.25) is 132 Å². The lowest BCUT2D eigenvalue weighted by Crippen LogP contribution is -2.33. The van der Waals surface area contributed by atoms with E-state index < -0.39 is 309 Å². The Balaban J connectivity index is 0.000000209. The minimum absolute atomic E-state index is 0.0283. The molecule has 7 saturated heterocycles. The Morgan fingerprint density at radius 1 is 0.218 bits per heavy atom. The smallest absolute Gasteiger partial charge is 0.390 e. The Bertz CT molecular complexity index is 5890. The largest absolute Gasteiger partial charge is 0.469 e. The van der Waals surface area contributed by atoms with Crippen LogP contribution in [0.3, 0.4) is 0 Å². The molecule has 77 heteroatoms. The van der Waals surface area contributed by atoms with E-state index in [1.54, 1.807) is 0 Å². The van der Waals surface area contributed by atoms with Gasteiger partial charge < -0.3 is 137 Å². The van der Waals surface area contributed by atoms with E-state index in [-0.39, 0.29) is 44.9 Å². The molecule has 7 aliphatic rings. The molecule has 0 unspecified atom stereocenters. The van der Waals surface area contributed by atoms with Crippen LogP contribution in [0, 0.1) is 48.5 Å². The van der Waals surface area contributed by atoms with Crippen LogP contribution in [-0.4, -0.2) is 303 Å². The third-order valence-corrected chi connectivity index (χ3v) is 24.9. The number of nitrogens with zero attached hydrogens (tertiary/aromatic N) is 7. The molecule has 7 fully saturated rings. The molecule has 14 heterocycles. The maximum absolute atomic E-state index is 11.7. The second-order valence-corrected chi connectivity index (χ2v) is 41.6. The molecule has 0 bridgehead atoms. The Morgan fingerprint density at radius 2 is 0.313 bits per heavy atom. The summed E-state index contributed by atoms with van der Waals surface area (Å²) in [5.41, 5.74) is -6.43. The van der Waals surface area contributed by atoms with Crippen molar-refractivity contribution in [3.05, 3.63) is 228 Å². The molecule has 70 nitrogen and oxygen atoms in total. The summed E-state index contributed by atoms with van der Waals surface area (Å²) in [6, 6.07) is 0. The summed E-state index contributed by atoms with van der Waals surface area (Å²) in [5, 5.41) is 68.5. The first kappa shape index (κ1) is 123. The average Bonchev–Trinajstić information content (AvgIpc) is 1.00. The molecule has 147 heavy (non-hydrogen) atoms. The Kier molecular flexibility index (Phi) is 43.1. The van der Waals surface area contributed by atoms with Gasteiger partial charge in [-0.1, -0.05) is 0 Å². The maximum atomic E-state index is 11.7. The summed E-state index contributed by atoms with van der Waals surface area (Å²) in [6.45, 7) is 6.96. The van der Waals surface area contributed by atoms with Gasteiger partial charge in [0.1, 0.15) is 86.3 Å². The number of ether oxygens (including phenoxy) is 7. The lowest BCUT2D eigenvalue weighted by molar-refractivity contribution is -0.0451. The van der Waals surface area contributed by atoms with Crippen molar-refractivity contribution in [2.45, 2.75) is 222 Å². The first-order chi connectivity index (χ1) is 67.7. The summed E-state index contributed by atoms with van der Waals surface area (Å²) >= 11 is 0. The number of phosphoric ester groups is 7. The Hall–Kier alpha value is -9.03. The molecule has 7 aromatic rings. The number of aromatic nitrogens is 14. The van der Waals surface area contributed by atoms with Crippen molar-refractivity contribution in [3.63, 3.8) is 0 Å². The van der Waals surface area contributed by atoms with Crippen molar-refractivity contribution < 1.29 is 201 Å². The number of aromatic amines is 7. The predicted octanol–water partition coefficient (Wildman–Crippen LogP) is -9.78. The number of nitrogens with one attached hydrogen (secondary N) is 7. The van der Waals surface area contributed by atoms with Crippen LogP contribution in [0.25, 0.3) is 0 Å². The van der Waals surface area contributed by atoms with E-state index in [1.807, 2.05) is 0 Å². The first-order valence-corrected chi connectivity index (χ1v) is 52.9.